The van der Waals surface area contributed by atoms with E-state index in [1.807, 2.05) is 30.3 Å². The van der Waals surface area contributed by atoms with Gasteiger partial charge in [-0.3, -0.25) is 4.79 Å². The number of benzene rings is 1. The lowest BCUT2D eigenvalue weighted by molar-refractivity contribution is 0.0988. The van der Waals surface area contributed by atoms with Crippen LogP contribution in [0.2, 0.25) is 0 Å². The maximum absolute atomic E-state index is 12.5. The molecule has 2 rings (SSSR count). The lowest BCUT2D eigenvalue weighted by Gasteiger charge is -2.17. The molecule has 2 aromatic rings. The van der Waals surface area contributed by atoms with E-state index in [1.165, 1.54) is 4.90 Å². The van der Waals surface area contributed by atoms with Crippen molar-refractivity contribution in [3.63, 3.8) is 0 Å². The van der Waals surface area contributed by atoms with Gasteiger partial charge in [-0.25, -0.2) is 4.98 Å². The number of pyridine rings is 1. The summed E-state index contributed by atoms with van der Waals surface area (Å²) in [6.07, 6.45) is 1.55. The fourth-order valence-corrected chi connectivity index (χ4v) is 1.74. The van der Waals surface area contributed by atoms with E-state index in [4.69, 9.17) is 5.11 Å². The first kappa shape index (κ1) is 13.8. The van der Waals surface area contributed by atoms with Crippen LogP contribution in [-0.2, 0) is 0 Å². The van der Waals surface area contributed by atoms with E-state index in [0.29, 0.717) is 5.56 Å². The Morgan fingerprint density at radius 2 is 2.00 bits per heavy atom. The molecule has 0 saturated carbocycles. The molecule has 0 aliphatic heterocycles. The Labute approximate surface area is 117 Å². The first-order valence-corrected chi connectivity index (χ1v) is 6.12. The summed E-state index contributed by atoms with van der Waals surface area (Å²) in [4.78, 5) is 18.1. The van der Waals surface area contributed by atoms with Gasteiger partial charge in [-0.05, 0) is 24.3 Å². The zero-order chi connectivity index (χ0) is 14.4. The Morgan fingerprint density at radius 3 is 2.70 bits per heavy atom. The highest BCUT2D eigenvalue weighted by molar-refractivity contribution is 6.05. The Hall–Kier alpha value is -2.64. The molecule has 0 spiro atoms. The van der Waals surface area contributed by atoms with E-state index >= 15 is 0 Å². The van der Waals surface area contributed by atoms with Crippen LogP contribution < -0.4 is 4.90 Å². The van der Waals surface area contributed by atoms with Crippen molar-refractivity contribution in [2.75, 3.05) is 18.6 Å². The average molecular weight is 266 g/mol. The van der Waals surface area contributed by atoms with E-state index in [9.17, 15) is 4.79 Å². The molecule has 100 valence electrons. The maximum Gasteiger partial charge on any atom is 0.277 e. The summed E-state index contributed by atoms with van der Waals surface area (Å²) >= 11 is 0. The lowest BCUT2D eigenvalue weighted by atomic mass is 10.1. The fourth-order valence-electron chi connectivity index (χ4n) is 1.74. The monoisotopic (exact) mass is 266 g/mol. The SMILES string of the molecule is CN(C(=O)c1ncccc1C#CCO)c1ccccc1. The second-order valence-electron chi connectivity index (χ2n) is 4.06. The topological polar surface area (TPSA) is 53.4 Å². The van der Waals surface area contributed by atoms with E-state index in [2.05, 4.69) is 16.8 Å². The van der Waals surface area contributed by atoms with Crippen LogP contribution in [0.25, 0.3) is 0 Å². The van der Waals surface area contributed by atoms with Gasteiger partial charge in [0.25, 0.3) is 5.91 Å². The maximum atomic E-state index is 12.5. The van der Waals surface area contributed by atoms with E-state index < -0.39 is 0 Å². The summed E-state index contributed by atoms with van der Waals surface area (Å²) < 4.78 is 0. The van der Waals surface area contributed by atoms with E-state index in [-0.39, 0.29) is 18.2 Å². The molecular formula is C16H14N2O2. The van der Waals surface area contributed by atoms with Gasteiger partial charge in [0.15, 0.2) is 0 Å². The second kappa shape index (κ2) is 6.50. The molecule has 1 amide bonds. The molecule has 4 nitrogen and oxygen atoms in total. The smallest absolute Gasteiger partial charge is 0.277 e. The molecule has 1 aromatic carbocycles. The number of amides is 1. The predicted molar refractivity (Wildman–Crippen MR) is 77.4 cm³/mol. The molecule has 0 aliphatic carbocycles. The van der Waals surface area contributed by atoms with Crippen molar-refractivity contribution in [2.24, 2.45) is 0 Å². The van der Waals surface area contributed by atoms with Crippen LogP contribution in [0.4, 0.5) is 5.69 Å². The minimum atomic E-state index is -0.253. The molecular weight excluding hydrogens is 252 g/mol. The van der Waals surface area contributed by atoms with Crippen LogP contribution in [-0.4, -0.2) is 29.7 Å². The van der Waals surface area contributed by atoms with Gasteiger partial charge < -0.3 is 10.0 Å². The van der Waals surface area contributed by atoms with Crippen LogP contribution in [0.5, 0.6) is 0 Å². The number of hydrogen-bond acceptors (Lipinski definition) is 3. The molecule has 1 aromatic heterocycles. The number of aromatic nitrogens is 1. The first-order valence-electron chi connectivity index (χ1n) is 6.12. The fraction of sp³-hybridized carbons (Fsp3) is 0.125. The van der Waals surface area contributed by atoms with Crippen LogP contribution in [0, 0.1) is 11.8 Å². The van der Waals surface area contributed by atoms with Crippen molar-refractivity contribution in [1.29, 1.82) is 0 Å². The molecule has 1 heterocycles. The third-order valence-corrected chi connectivity index (χ3v) is 2.76. The van der Waals surface area contributed by atoms with Gasteiger partial charge in [-0.2, -0.15) is 0 Å². The number of carbonyl (C=O) groups is 1. The zero-order valence-electron chi connectivity index (χ0n) is 11.1. The zero-order valence-corrected chi connectivity index (χ0v) is 11.1. The molecule has 0 bridgehead atoms. The van der Waals surface area contributed by atoms with Gasteiger partial charge >= 0.3 is 0 Å². The Balaban J connectivity index is 2.34. The normalized spacial score (nSPS) is 9.50. The molecule has 0 saturated heterocycles. The van der Waals surface area contributed by atoms with Gasteiger partial charge in [0.2, 0.25) is 0 Å². The highest BCUT2D eigenvalue weighted by Crippen LogP contribution is 2.15. The number of aliphatic hydroxyl groups excluding tert-OH is 1. The number of hydrogen-bond donors (Lipinski definition) is 1. The van der Waals surface area contributed by atoms with Crippen molar-refractivity contribution in [2.45, 2.75) is 0 Å². The first-order chi connectivity index (χ1) is 9.74. The van der Waals surface area contributed by atoms with Crippen LogP contribution in [0.3, 0.4) is 0 Å². The predicted octanol–water partition coefficient (Wildman–Crippen LogP) is 1.70. The molecule has 0 unspecified atom stereocenters. The third kappa shape index (κ3) is 3.02. The molecule has 0 radical (unpaired) electrons. The number of carbonyl (C=O) groups excluding carboxylic acids is 1. The number of para-hydroxylation sites is 1. The standard InChI is InChI=1S/C16H14N2O2/c1-18(14-9-3-2-4-10-14)16(20)15-13(8-6-12-19)7-5-11-17-15/h2-5,7,9-11,19H,12H2,1H3. The summed E-state index contributed by atoms with van der Waals surface area (Å²) in [5.41, 5.74) is 1.57. The average Bonchev–Trinajstić information content (AvgIpc) is 2.52. The van der Waals surface area contributed by atoms with Crippen LogP contribution in [0.15, 0.2) is 48.7 Å². The quantitative estimate of drug-likeness (QED) is 0.842. The van der Waals surface area contributed by atoms with Gasteiger partial charge in [-0.1, -0.05) is 30.0 Å². The summed E-state index contributed by atoms with van der Waals surface area (Å²) in [5.74, 6) is 5.04. The molecule has 1 N–H and O–H groups in total. The Kier molecular flexibility index (Phi) is 4.48. The Morgan fingerprint density at radius 1 is 1.25 bits per heavy atom. The van der Waals surface area contributed by atoms with Crippen molar-refractivity contribution >= 4 is 11.6 Å². The van der Waals surface area contributed by atoms with Crippen molar-refractivity contribution in [1.82, 2.24) is 4.98 Å². The molecule has 20 heavy (non-hydrogen) atoms. The van der Waals surface area contributed by atoms with Gasteiger partial charge in [0.1, 0.15) is 12.3 Å². The number of aliphatic hydroxyl groups is 1. The Bertz CT molecular complexity index is 657. The summed E-state index contributed by atoms with van der Waals surface area (Å²) in [7, 11) is 1.69. The summed E-state index contributed by atoms with van der Waals surface area (Å²) in [6, 6.07) is 12.7. The van der Waals surface area contributed by atoms with E-state index in [0.717, 1.165) is 5.69 Å². The number of anilines is 1. The van der Waals surface area contributed by atoms with Gasteiger partial charge in [0, 0.05) is 18.9 Å². The van der Waals surface area contributed by atoms with Crippen LogP contribution in [0.1, 0.15) is 16.1 Å². The van der Waals surface area contributed by atoms with Gasteiger partial charge in [0.05, 0.1) is 5.56 Å². The van der Waals surface area contributed by atoms with E-state index in [1.54, 1.807) is 25.4 Å². The highest BCUT2D eigenvalue weighted by Gasteiger charge is 2.17. The largest absolute Gasteiger partial charge is 0.384 e. The number of rotatable bonds is 2. The minimum Gasteiger partial charge on any atom is -0.384 e. The highest BCUT2D eigenvalue weighted by atomic mass is 16.2. The van der Waals surface area contributed by atoms with Crippen molar-refractivity contribution < 1.29 is 9.90 Å². The molecule has 0 atom stereocenters. The van der Waals surface area contributed by atoms with Crippen LogP contribution >= 0.6 is 0 Å². The van der Waals surface area contributed by atoms with Crippen molar-refractivity contribution in [3.05, 3.63) is 59.9 Å². The molecule has 0 aliphatic rings. The lowest BCUT2D eigenvalue weighted by Crippen LogP contribution is -2.27. The van der Waals surface area contributed by atoms with Gasteiger partial charge in [-0.15, -0.1) is 0 Å². The molecule has 0 fully saturated rings. The second-order valence-corrected chi connectivity index (χ2v) is 4.06. The van der Waals surface area contributed by atoms with Crippen molar-refractivity contribution in [3.8, 4) is 11.8 Å². The molecule has 4 heteroatoms. The minimum absolute atomic E-state index is 0.237. The summed E-state index contributed by atoms with van der Waals surface area (Å²) in [5, 5.41) is 8.75. The third-order valence-electron chi connectivity index (χ3n) is 2.76. The summed E-state index contributed by atoms with van der Waals surface area (Å²) in [6.45, 7) is -0.253. The number of nitrogens with zero attached hydrogens (tertiary/aromatic N) is 2.